The van der Waals surface area contributed by atoms with E-state index < -0.39 is 0 Å². The van der Waals surface area contributed by atoms with Crippen molar-refractivity contribution in [3.05, 3.63) is 12.7 Å². The van der Waals surface area contributed by atoms with Crippen molar-refractivity contribution >= 4 is 17.7 Å². The normalized spacial score (nSPS) is 17.6. The molecule has 2 heterocycles. The molecule has 0 radical (unpaired) electrons. The van der Waals surface area contributed by atoms with Gasteiger partial charge in [0, 0.05) is 13.1 Å². The summed E-state index contributed by atoms with van der Waals surface area (Å²) in [7, 11) is 0. The molecule has 0 bridgehead atoms. The van der Waals surface area contributed by atoms with Crippen molar-refractivity contribution in [2.45, 2.75) is 49.6 Å². The van der Waals surface area contributed by atoms with Crippen LogP contribution < -0.4 is 0 Å². The van der Waals surface area contributed by atoms with Gasteiger partial charge in [-0.2, -0.15) is 0 Å². The zero-order valence-electron chi connectivity index (χ0n) is 11.9. The van der Waals surface area contributed by atoms with Crippen LogP contribution in [-0.2, 0) is 11.3 Å². The number of rotatable bonds is 5. The Balaban J connectivity index is 1.95. The Morgan fingerprint density at radius 2 is 2.10 bits per heavy atom. The Morgan fingerprint density at radius 3 is 2.75 bits per heavy atom. The largest absolute Gasteiger partial charge is 0.342 e. The number of tetrazole rings is 1. The van der Waals surface area contributed by atoms with Crippen LogP contribution in [0.2, 0.25) is 0 Å². The first-order valence-corrected chi connectivity index (χ1v) is 7.93. The van der Waals surface area contributed by atoms with Crippen molar-refractivity contribution in [1.82, 2.24) is 25.1 Å². The van der Waals surface area contributed by atoms with E-state index in [9.17, 15) is 4.79 Å². The molecule has 1 aliphatic heterocycles. The smallest absolute Gasteiger partial charge is 0.235 e. The Bertz CT molecular complexity index is 453. The molecule has 1 aliphatic rings. The molecule has 110 valence electrons. The summed E-state index contributed by atoms with van der Waals surface area (Å²) in [6, 6.07) is 0. The minimum absolute atomic E-state index is 0.164. The summed E-state index contributed by atoms with van der Waals surface area (Å²) in [6.45, 7) is 7.90. The quantitative estimate of drug-likeness (QED) is 0.611. The maximum Gasteiger partial charge on any atom is 0.235 e. The van der Waals surface area contributed by atoms with Gasteiger partial charge in [0.05, 0.1) is 11.8 Å². The maximum atomic E-state index is 12.5. The minimum Gasteiger partial charge on any atom is -0.342 e. The van der Waals surface area contributed by atoms with Gasteiger partial charge in [-0.25, -0.2) is 4.68 Å². The molecule has 20 heavy (non-hydrogen) atoms. The molecule has 1 aromatic rings. The fraction of sp³-hybridized carbons (Fsp3) is 0.692. The van der Waals surface area contributed by atoms with Gasteiger partial charge in [0.15, 0.2) is 0 Å². The third-order valence-electron chi connectivity index (χ3n) is 3.35. The van der Waals surface area contributed by atoms with Crippen LogP contribution in [0.25, 0.3) is 0 Å². The predicted octanol–water partition coefficient (Wildman–Crippen LogP) is 1.74. The summed E-state index contributed by atoms with van der Waals surface area (Å²) in [4.78, 5) is 14.4. The zero-order chi connectivity index (χ0) is 14.4. The number of aromatic nitrogens is 4. The summed E-state index contributed by atoms with van der Waals surface area (Å²) in [5, 5.41) is 12.0. The van der Waals surface area contributed by atoms with Gasteiger partial charge in [0.2, 0.25) is 11.1 Å². The van der Waals surface area contributed by atoms with Crippen molar-refractivity contribution in [1.29, 1.82) is 0 Å². The molecule has 1 atom stereocenters. The second kappa shape index (κ2) is 7.42. The van der Waals surface area contributed by atoms with Gasteiger partial charge in [-0.05, 0) is 30.2 Å². The van der Waals surface area contributed by atoms with Gasteiger partial charge >= 0.3 is 0 Å². The number of carbonyl (C=O) groups excluding carboxylic acids is 1. The number of nitrogens with zero attached hydrogens (tertiary/aromatic N) is 5. The lowest BCUT2D eigenvalue weighted by atomic mass is 10.2. The molecule has 0 saturated carbocycles. The van der Waals surface area contributed by atoms with E-state index in [-0.39, 0.29) is 11.2 Å². The van der Waals surface area contributed by atoms with E-state index in [1.54, 1.807) is 10.8 Å². The van der Waals surface area contributed by atoms with E-state index in [0.29, 0.717) is 11.7 Å². The number of carbonyl (C=O) groups is 1. The van der Waals surface area contributed by atoms with Crippen LogP contribution in [0.4, 0.5) is 0 Å². The first kappa shape index (κ1) is 15.0. The number of likely N-dealkylation sites (tertiary alicyclic amines) is 1. The molecule has 7 heteroatoms. The topological polar surface area (TPSA) is 63.9 Å². The van der Waals surface area contributed by atoms with Crippen molar-refractivity contribution in [3.63, 3.8) is 0 Å². The maximum absolute atomic E-state index is 12.5. The SMILES string of the molecule is C=CCn1nnnc1SC(C)C(=O)N1CCCCCC1. The molecule has 1 unspecified atom stereocenters. The highest BCUT2D eigenvalue weighted by molar-refractivity contribution is 8.00. The van der Waals surface area contributed by atoms with Crippen LogP contribution in [-0.4, -0.2) is 49.4 Å². The average Bonchev–Trinajstić information content (AvgIpc) is 2.72. The van der Waals surface area contributed by atoms with Gasteiger partial charge in [0.1, 0.15) is 0 Å². The van der Waals surface area contributed by atoms with E-state index in [1.807, 2.05) is 11.8 Å². The van der Waals surface area contributed by atoms with Gasteiger partial charge < -0.3 is 4.90 Å². The summed E-state index contributed by atoms with van der Waals surface area (Å²) < 4.78 is 1.66. The monoisotopic (exact) mass is 295 g/mol. The lowest BCUT2D eigenvalue weighted by Crippen LogP contribution is -2.37. The summed E-state index contributed by atoms with van der Waals surface area (Å²) in [5.74, 6) is 0.185. The van der Waals surface area contributed by atoms with Gasteiger partial charge in [0.25, 0.3) is 0 Å². The molecule has 0 N–H and O–H groups in total. The molecule has 2 rings (SSSR count). The molecule has 6 nitrogen and oxygen atoms in total. The van der Waals surface area contributed by atoms with E-state index in [2.05, 4.69) is 22.1 Å². The van der Waals surface area contributed by atoms with Crippen LogP contribution >= 0.6 is 11.8 Å². The fourth-order valence-electron chi connectivity index (χ4n) is 2.27. The van der Waals surface area contributed by atoms with Crippen LogP contribution in [0.15, 0.2) is 17.8 Å². The van der Waals surface area contributed by atoms with Gasteiger partial charge in [-0.15, -0.1) is 11.7 Å². The zero-order valence-corrected chi connectivity index (χ0v) is 12.7. The van der Waals surface area contributed by atoms with Crippen molar-refractivity contribution in [2.75, 3.05) is 13.1 Å². The summed E-state index contributed by atoms with van der Waals surface area (Å²) >= 11 is 1.41. The number of thioether (sulfide) groups is 1. The lowest BCUT2D eigenvalue weighted by molar-refractivity contribution is -0.130. The molecule has 1 saturated heterocycles. The summed E-state index contributed by atoms with van der Waals surface area (Å²) in [5.41, 5.74) is 0. The number of hydrogen-bond donors (Lipinski definition) is 0. The second-order valence-electron chi connectivity index (χ2n) is 4.93. The molecule has 1 amide bonds. The van der Waals surface area contributed by atoms with Gasteiger partial charge in [-0.3, -0.25) is 4.79 Å². The van der Waals surface area contributed by atoms with Crippen LogP contribution in [0, 0.1) is 0 Å². The highest BCUT2D eigenvalue weighted by Crippen LogP contribution is 2.23. The number of amides is 1. The standard InChI is InChI=1S/C13H21N5OS/c1-3-8-18-13(14-15-16-18)20-11(2)12(19)17-9-6-4-5-7-10-17/h3,11H,1,4-10H2,2H3. The molecular weight excluding hydrogens is 274 g/mol. The van der Waals surface area contributed by atoms with Crippen molar-refractivity contribution < 1.29 is 4.79 Å². The third kappa shape index (κ3) is 3.82. The van der Waals surface area contributed by atoms with E-state index in [4.69, 9.17) is 0 Å². The van der Waals surface area contributed by atoms with Crippen LogP contribution in [0.5, 0.6) is 0 Å². The minimum atomic E-state index is -0.164. The Morgan fingerprint density at radius 1 is 1.40 bits per heavy atom. The first-order chi connectivity index (χ1) is 9.72. The van der Waals surface area contributed by atoms with Crippen molar-refractivity contribution in [3.8, 4) is 0 Å². The van der Waals surface area contributed by atoms with Crippen LogP contribution in [0.1, 0.15) is 32.6 Å². The first-order valence-electron chi connectivity index (χ1n) is 7.05. The highest BCUT2D eigenvalue weighted by atomic mass is 32.2. The number of hydrogen-bond acceptors (Lipinski definition) is 5. The Labute approximate surface area is 123 Å². The average molecular weight is 295 g/mol. The predicted molar refractivity (Wildman–Crippen MR) is 78.4 cm³/mol. The van der Waals surface area contributed by atoms with Crippen LogP contribution in [0.3, 0.4) is 0 Å². The second-order valence-corrected chi connectivity index (χ2v) is 6.24. The number of allylic oxidation sites excluding steroid dienone is 1. The Kier molecular flexibility index (Phi) is 5.58. The molecule has 0 spiro atoms. The van der Waals surface area contributed by atoms with Gasteiger partial charge in [-0.1, -0.05) is 30.7 Å². The van der Waals surface area contributed by atoms with Crippen molar-refractivity contribution in [2.24, 2.45) is 0 Å². The highest BCUT2D eigenvalue weighted by Gasteiger charge is 2.24. The molecule has 1 fully saturated rings. The molecule has 1 aromatic heterocycles. The molecular formula is C13H21N5OS. The fourth-order valence-corrected chi connectivity index (χ4v) is 3.16. The third-order valence-corrected chi connectivity index (χ3v) is 4.41. The molecule has 0 aromatic carbocycles. The lowest BCUT2D eigenvalue weighted by Gasteiger charge is -2.23. The van der Waals surface area contributed by atoms with E-state index in [1.165, 1.54) is 24.6 Å². The molecule has 0 aliphatic carbocycles. The summed E-state index contributed by atoms with van der Waals surface area (Å²) in [6.07, 6.45) is 6.40. The van der Waals surface area contributed by atoms with E-state index in [0.717, 1.165) is 25.9 Å². The van der Waals surface area contributed by atoms with E-state index >= 15 is 0 Å². The Hall–Kier alpha value is -1.37.